The summed E-state index contributed by atoms with van der Waals surface area (Å²) in [6.45, 7) is 0. The zero-order chi connectivity index (χ0) is 34.9. The molecule has 2 heterocycles. The molecule has 0 fully saturated rings. The number of rotatable bonds is 5. The lowest BCUT2D eigenvalue weighted by molar-refractivity contribution is 0.269. The van der Waals surface area contributed by atoms with Crippen molar-refractivity contribution in [2.45, 2.75) is 12.0 Å². The molecule has 1 aromatic heterocycles. The lowest BCUT2D eigenvalue weighted by atomic mass is 9.88. The standard InChI is InChI=1S/C49H31N3O/c1-2-9-30(10-3-1)31-19-23-34(24-20-31)47-50-48(52-49(51-47)41-16-8-18-44-46(41)40-13-4-5-17-43(40)53-44)35-25-21-32(22-26-35)36-27-28-37-38-14-6-11-33-12-7-15-39(45(33)38)42(37)29-36/h1-29,40,43H. The number of aromatic nitrogens is 3. The molecule has 4 nitrogen and oxygen atoms in total. The first-order valence-electron chi connectivity index (χ1n) is 18.1. The minimum absolute atomic E-state index is 0.0312. The van der Waals surface area contributed by atoms with Crippen LogP contribution in [0.5, 0.6) is 5.75 Å². The third kappa shape index (κ3) is 4.87. The Labute approximate surface area is 307 Å². The molecule has 11 rings (SSSR count). The van der Waals surface area contributed by atoms with E-state index in [0.717, 1.165) is 39.1 Å². The van der Waals surface area contributed by atoms with Crippen LogP contribution < -0.4 is 4.74 Å². The first-order valence-corrected chi connectivity index (χ1v) is 18.1. The molecule has 0 radical (unpaired) electrons. The van der Waals surface area contributed by atoms with E-state index in [1.54, 1.807) is 0 Å². The van der Waals surface area contributed by atoms with Crippen molar-refractivity contribution in [2.75, 3.05) is 0 Å². The number of hydrogen-bond donors (Lipinski definition) is 0. The number of allylic oxidation sites excluding steroid dienone is 2. The molecule has 2 atom stereocenters. The van der Waals surface area contributed by atoms with Gasteiger partial charge in [0.2, 0.25) is 0 Å². The predicted molar refractivity (Wildman–Crippen MR) is 214 cm³/mol. The predicted octanol–water partition coefficient (Wildman–Crippen LogP) is 12.0. The van der Waals surface area contributed by atoms with Gasteiger partial charge >= 0.3 is 0 Å². The van der Waals surface area contributed by atoms with Gasteiger partial charge in [0.25, 0.3) is 0 Å². The smallest absolute Gasteiger partial charge is 0.164 e. The molecular formula is C49H31N3O. The lowest BCUT2D eigenvalue weighted by Gasteiger charge is -2.16. The first-order chi connectivity index (χ1) is 26.2. The van der Waals surface area contributed by atoms with E-state index < -0.39 is 0 Å². The molecule has 8 aromatic rings. The Balaban J connectivity index is 1.00. The minimum Gasteiger partial charge on any atom is -0.485 e. The van der Waals surface area contributed by atoms with E-state index in [1.807, 2.05) is 18.2 Å². The summed E-state index contributed by atoms with van der Waals surface area (Å²) in [6, 6.07) is 53.7. The molecule has 2 aliphatic carbocycles. The van der Waals surface area contributed by atoms with Crippen molar-refractivity contribution in [3.63, 3.8) is 0 Å². The highest BCUT2D eigenvalue weighted by atomic mass is 16.5. The monoisotopic (exact) mass is 677 g/mol. The zero-order valence-electron chi connectivity index (χ0n) is 28.6. The molecule has 0 saturated carbocycles. The quantitative estimate of drug-likeness (QED) is 0.182. The average Bonchev–Trinajstić information content (AvgIpc) is 3.78. The summed E-state index contributed by atoms with van der Waals surface area (Å²) >= 11 is 0. The van der Waals surface area contributed by atoms with Crippen LogP contribution in [0.1, 0.15) is 11.5 Å². The van der Waals surface area contributed by atoms with Gasteiger partial charge in [-0.1, -0.05) is 158 Å². The fraction of sp³-hybridized carbons (Fsp3) is 0.0408. The van der Waals surface area contributed by atoms with Gasteiger partial charge < -0.3 is 4.74 Å². The van der Waals surface area contributed by atoms with E-state index >= 15 is 0 Å². The SMILES string of the molecule is C1=CC2Oc3cccc(-c4nc(-c5ccc(-c6ccccc6)cc5)nc(-c5ccc(-c6ccc7c(c6)-c6cccc8cccc-7c68)cc5)n4)c3C2C=C1. The van der Waals surface area contributed by atoms with Crippen LogP contribution in [-0.4, -0.2) is 21.1 Å². The summed E-state index contributed by atoms with van der Waals surface area (Å²) < 4.78 is 6.37. The topological polar surface area (TPSA) is 47.9 Å². The van der Waals surface area contributed by atoms with E-state index in [0.29, 0.717) is 17.5 Å². The van der Waals surface area contributed by atoms with Crippen molar-refractivity contribution < 1.29 is 4.74 Å². The molecule has 1 aliphatic heterocycles. The van der Waals surface area contributed by atoms with E-state index in [1.165, 1.54) is 44.2 Å². The van der Waals surface area contributed by atoms with Gasteiger partial charge in [-0.2, -0.15) is 0 Å². The van der Waals surface area contributed by atoms with Crippen LogP contribution in [0.15, 0.2) is 176 Å². The van der Waals surface area contributed by atoms with Crippen LogP contribution in [0.25, 0.3) is 89.4 Å². The summed E-state index contributed by atoms with van der Waals surface area (Å²) in [4.78, 5) is 15.4. The highest BCUT2D eigenvalue weighted by Crippen LogP contribution is 2.49. The molecular weight excluding hydrogens is 647 g/mol. The second-order valence-corrected chi connectivity index (χ2v) is 13.9. The Hall–Kier alpha value is -6.91. The van der Waals surface area contributed by atoms with Crippen LogP contribution >= 0.6 is 0 Å². The summed E-state index contributed by atoms with van der Waals surface area (Å²) in [5, 5.41) is 2.63. The molecule has 0 saturated heterocycles. The highest BCUT2D eigenvalue weighted by Gasteiger charge is 2.35. The second-order valence-electron chi connectivity index (χ2n) is 13.9. The van der Waals surface area contributed by atoms with Gasteiger partial charge in [-0.15, -0.1) is 0 Å². The van der Waals surface area contributed by atoms with Gasteiger partial charge in [0.05, 0.1) is 0 Å². The molecule has 0 spiro atoms. The third-order valence-corrected chi connectivity index (χ3v) is 10.9. The van der Waals surface area contributed by atoms with Crippen molar-refractivity contribution >= 4 is 10.8 Å². The second kappa shape index (κ2) is 11.8. The third-order valence-electron chi connectivity index (χ3n) is 10.9. The zero-order valence-corrected chi connectivity index (χ0v) is 28.6. The summed E-state index contributed by atoms with van der Waals surface area (Å²) in [5.74, 6) is 2.88. The maximum Gasteiger partial charge on any atom is 0.164 e. The molecule has 248 valence electrons. The Kier molecular flexibility index (Phi) is 6.65. The van der Waals surface area contributed by atoms with Gasteiger partial charge in [0.1, 0.15) is 11.9 Å². The lowest BCUT2D eigenvalue weighted by Crippen LogP contribution is -2.16. The largest absolute Gasteiger partial charge is 0.485 e. The van der Waals surface area contributed by atoms with Gasteiger partial charge in [-0.05, 0) is 73.5 Å². The molecule has 53 heavy (non-hydrogen) atoms. The fourth-order valence-electron chi connectivity index (χ4n) is 8.27. The molecule has 0 amide bonds. The van der Waals surface area contributed by atoms with Crippen molar-refractivity contribution in [2.24, 2.45) is 0 Å². The van der Waals surface area contributed by atoms with Crippen LogP contribution in [0, 0.1) is 0 Å². The number of ether oxygens (including phenoxy) is 1. The van der Waals surface area contributed by atoms with Crippen molar-refractivity contribution in [1.82, 2.24) is 15.0 Å². The Bertz CT molecular complexity index is 2800. The van der Waals surface area contributed by atoms with Crippen molar-refractivity contribution in [1.29, 1.82) is 0 Å². The number of nitrogens with zero attached hydrogens (tertiary/aromatic N) is 3. The van der Waals surface area contributed by atoms with Crippen molar-refractivity contribution in [3.05, 3.63) is 182 Å². The van der Waals surface area contributed by atoms with E-state index in [4.69, 9.17) is 19.7 Å². The number of fused-ring (bicyclic) bond motifs is 6. The van der Waals surface area contributed by atoms with Gasteiger partial charge in [-0.3, -0.25) is 0 Å². The maximum atomic E-state index is 6.37. The Morgan fingerprint density at radius 1 is 0.396 bits per heavy atom. The van der Waals surface area contributed by atoms with Crippen LogP contribution in [0.3, 0.4) is 0 Å². The van der Waals surface area contributed by atoms with Crippen LogP contribution in [-0.2, 0) is 0 Å². The summed E-state index contributed by atoms with van der Waals surface area (Å²) in [7, 11) is 0. The maximum absolute atomic E-state index is 6.37. The molecule has 0 bridgehead atoms. The molecule has 7 aromatic carbocycles. The molecule has 3 aliphatic rings. The molecule has 2 unspecified atom stereocenters. The Morgan fingerprint density at radius 2 is 0.962 bits per heavy atom. The number of benzene rings is 7. The average molecular weight is 678 g/mol. The van der Waals surface area contributed by atoms with E-state index in [2.05, 4.69) is 158 Å². The van der Waals surface area contributed by atoms with Gasteiger partial charge in [-0.25, -0.2) is 15.0 Å². The van der Waals surface area contributed by atoms with Crippen LogP contribution in [0.4, 0.5) is 0 Å². The minimum atomic E-state index is -0.0312. The molecule has 0 N–H and O–H groups in total. The first kappa shape index (κ1) is 29.8. The highest BCUT2D eigenvalue weighted by molar-refractivity contribution is 6.15. The van der Waals surface area contributed by atoms with Crippen LogP contribution in [0.2, 0.25) is 0 Å². The summed E-state index contributed by atoms with van der Waals surface area (Å²) in [6.07, 6.45) is 8.45. The molecule has 4 heteroatoms. The number of hydrogen-bond acceptors (Lipinski definition) is 4. The van der Waals surface area contributed by atoms with Gasteiger partial charge in [0.15, 0.2) is 17.5 Å². The Morgan fingerprint density at radius 3 is 1.70 bits per heavy atom. The van der Waals surface area contributed by atoms with Gasteiger partial charge in [0, 0.05) is 28.2 Å². The van der Waals surface area contributed by atoms with E-state index in [9.17, 15) is 0 Å². The normalized spacial score (nSPS) is 15.9. The summed E-state index contributed by atoms with van der Waals surface area (Å²) in [5.41, 5.74) is 13.8. The fourth-order valence-corrected chi connectivity index (χ4v) is 8.27. The van der Waals surface area contributed by atoms with E-state index in [-0.39, 0.29) is 12.0 Å². The van der Waals surface area contributed by atoms with Crippen molar-refractivity contribution in [3.8, 4) is 84.4 Å².